The lowest BCUT2D eigenvalue weighted by molar-refractivity contribution is -0.136. The van der Waals surface area contributed by atoms with E-state index in [1.54, 1.807) is 42.5 Å². The fraction of sp³-hybridized carbons (Fsp3) is 0.167. The van der Waals surface area contributed by atoms with Crippen molar-refractivity contribution in [1.29, 1.82) is 0 Å². The average molecular weight is 424 g/mol. The highest BCUT2D eigenvalue weighted by atomic mass is 35.5. The Morgan fingerprint density at radius 2 is 1.63 bits per heavy atom. The third kappa shape index (κ3) is 5.61. The average Bonchev–Trinajstić information content (AvgIpc) is 2.70. The number of hydrogen-bond donors (Lipinski definition) is 1. The number of benzene rings is 3. The zero-order valence-electron chi connectivity index (χ0n) is 17.0. The Hall–Kier alpha value is -3.31. The van der Waals surface area contributed by atoms with Gasteiger partial charge in [-0.3, -0.25) is 4.79 Å². The third-order valence-corrected chi connectivity index (χ3v) is 4.70. The lowest BCUT2D eigenvalue weighted by Gasteiger charge is -2.10. The quantitative estimate of drug-likeness (QED) is 0.420. The number of ether oxygens (including phenoxy) is 2. The minimum absolute atomic E-state index is 0.235. The number of hydrogen-bond acceptors (Lipinski definition) is 4. The summed E-state index contributed by atoms with van der Waals surface area (Å²) in [7, 11) is 0. The van der Waals surface area contributed by atoms with Crippen LogP contribution < -0.4 is 14.8 Å². The molecule has 3 aromatic carbocycles. The lowest BCUT2D eigenvalue weighted by Crippen LogP contribution is -2.18. The number of carbonyl (C=O) groups excluding carboxylic acids is 2. The monoisotopic (exact) mass is 423 g/mol. The van der Waals surface area contributed by atoms with Crippen molar-refractivity contribution in [3.8, 4) is 11.5 Å². The summed E-state index contributed by atoms with van der Waals surface area (Å²) in [5.74, 6) is 0.118. The number of anilines is 1. The first-order valence-corrected chi connectivity index (χ1v) is 9.78. The maximum atomic E-state index is 12.5. The summed E-state index contributed by atoms with van der Waals surface area (Å²) in [5.41, 5.74) is 4.17. The van der Waals surface area contributed by atoms with Gasteiger partial charge in [0.25, 0.3) is 5.91 Å². The van der Waals surface area contributed by atoms with Crippen LogP contribution in [0.3, 0.4) is 0 Å². The predicted octanol–water partition coefficient (Wildman–Crippen LogP) is 5.50. The highest BCUT2D eigenvalue weighted by Gasteiger charge is 2.11. The van der Waals surface area contributed by atoms with E-state index in [9.17, 15) is 9.59 Å². The maximum Gasteiger partial charge on any atom is 0.349 e. The summed E-state index contributed by atoms with van der Waals surface area (Å²) in [6.45, 7) is 5.55. The molecule has 0 atom stereocenters. The van der Waals surface area contributed by atoms with Gasteiger partial charge in [-0.15, -0.1) is 0 Å². The van der Waals surface area contributed by atoms with Crippen LogP contribution in [0.15, 0.2) is 60.7 Å². The van der Waals surface area contributed by atoms with Crippen LogP contribution in [0.4, 0.5) is 5.69 Å². The van der Waals surface area contributed by atoms with Crippen molar-refractivity contribution >= 4 is 29.2 Å². The molecule has 0 fully saturated rings. The largest absolute Gasteiger partial charge is 0.482 e. The molecule has 0 aliphatic carbocycles. The molecule has 0 heterocycles. The zero-order chi connectivity index (χ0) is 21.7. The van der Waals surface area contributed by atoms with Crippen LogP contribution in [-0.2, 0) is 4.79 Å². The van der Waals surface area contributed by atoms with E-state index in [0.717, 1.165) is 22.4 Å². The molecule has 0 unspecified atom stereocenters. The van der Waals surface area contributed by atoms with Gasteiger partial charge < -0.3 is 14.8 Å². The molecule has 0 saturated heterocycles. The van der Waals surface area contributed by atoms with Crippen LogP contribution >= 0.6 is 11.6 Å². The van der Waals surface area contributed by atoms with E-state index < -0.39 is 5.97 Å². The van der Waals surface area contributed by atoms with Crippen molar-refractivity contribution in [3.05, 3.63) is 87.9 Å². The first-order valence-electron chi connectivity index (χ1n) is 9.40. The van der Waals surface area contributed by atoms with Crippen molar-refractivity contribution in [2.45, 2.75) is 20.8 Å². The van der Waals surface area contributed by atoms with Crippen LogP contribution in [0.1, 0.15) is 27.0 Å². The molecular formula is C24H22ClNO4. The molecule has 154 valence electrons. The second kappa shape index (κ2) is 9.46. The molecule has 3 aromatic rings. The van der Waals surface area contributed by atoms with Crippen LogP contribution in [0, 0.1) is 20.8 Å². The summed E-state index contributed by atoms with van der Waals surface area (Å²) < 4.78 is 10.7. The van der Waals surface area contributed by atoms with Gasteiger partial charge in [-0.2, -0.15) is 0 Å². The molecule has 6 heteroatoms. The Morgan fingerprint density at radius 1 is 0.900 bits per heavy atom. The van der Waals surface area contributed by atoms with Gasteiger partial charge in [0.2, 0.25) is 0 Å². The fourth-order valence-electron chi connectivity index (χ4n) is 2.90. The number of amides is 1. The van der Waals surface area contributed by atoms with Gasteiger partial charge in [-0.1, -0.05) is 29.3 Å². The molecule has 1 N–H and O–H groups in total. The Balaban J connectivity index is 1.55. The SMILES string of the molecule is Cc1ccc(NC(=O)c2ccc(OC(=O)COc3ccc(Cl)cc3C)cc2)c(C)c1. The van der Waals surface area contributed by atoms with Gasteiger partial charge in [-0.25, -0.2) is 4.79 Å². The predicted molar refractivity (Wildman–Crippen MR) is 118 cm³/mol. The summed E-state index contributed by atoms with van der Waals surface area (Å²) in [4.78, 5) is 24.5. The second-order valence-corrected chi connectivity index (χ2v) is 7.41. The molecule has 5 nitrogen and oxygen atoms in total. The third-order valence-electron chi connectivity index (χ3n) is 4.46. The van der Waals surface area contributed by atoms with Crippen LogP contribution in [0.2, 0.25) is 5.02 Å². The minimum Gasteiger partial charge on any atom is -0.482 e. The minimum atomic E-state index is -0.545. The molecular weight excluding hydrogens is 402 g/mol. The number of nitrogens with one attached hydrogen (secondary N) is 1. The normalized spacial score (nSPS) is 10.4. The van der Waals surface area contributed by atoms with E-state index in [1.807, 2.05) is 39.0 Å². The molecule has 0 radical (unpaired) electrons. The second-order valence-electron chi connectivity index (χ2n) is 6.97. The fourth-order valence-corrected chi connectivity index (χ4v) is 3.12. The molecule has 0 saturated carbocycles. The number of rotatable bonds is 6. The summed E-state index contributed by atoms with van der Waals surface area (Å²) in [6.07, 6.45) is 0. The molecule has 3 rings (SSSR count). The standard InChI is InChI=1S/C24H22ClNO4/c1-15-4-10-21(16(2)12-15)26-24(28)18-5-8-20(9-6-18)30-23(27)14-29-22-11-7-19(25)13-17(22)3/h4-13H,14H2,1-3H3,(H,26,28). The van der Waals surface area contributed by atoms with Gasteiger partial charge in [-0.05, 0) is 80.4 Å². The first-order chi connectivity index (χ1) is 14.3. The van der Waals surface area contributed by atoms with Crippen molar-refractivity contribution in [2.75, 3.05) is 11.9 Å². The van der Waals surface area contributed by atoms with E-state index >= 15 is 0 Å². The smallest absolute Gasteiger partial charge is 0.349 e. The number of carbonyl (C=O) groups is 2. The Morgan fingerprint density at radius 3 is 2.30 bits per heavy atom. The Labute approximate surface area is 180 Å². The van der Waals surface area contributed by atoms with Gasteiger partial charge in [0.05, 0.1) is 0 Å². The van der Waals surface area contributed by atoms with E-state index in [1.165, 1.54) is 0 Å². The van der Waals surface area contributed by atoms with Crippen molar-refractivity contribution < 1.29 is 19.1 Å². The number of aryl methyl sites for hydroxylation is 3. The molecule has 0 bridgehead atoms. The van der Waals surface area contributed by atoms with E-state index in [-0.39, 0.29) is 12.5 Å². The van der Waals surface area contributed by atoms with Crippen molar-refractivity contribution in [3.63, 3.8) is 0 Å². The topological polar surface area (TPSA) is 64.6 Å². The molecule has 0 aliphatic heterocycles. The molecule has 1 amide bonds. The highest BCUT2D eigenvalue weighted by molar-refractivity contribution is 6.30. The summed E-state index contributed by atoms with van der Waals surface area (Å²) >= 11 is 5.91. The van der Waals surface area contributed by atoms with Crippen LogP contribution in [0.25, 0.3) is 0 Å². The number of esters is 1. The van der Waals surface area contributed by atoms with E-state index in [4.69, 9.17) is 21.1 Å². The zero-order valence-corrected chi connectivity index (χ0v) is 17.7. The Bertz CT molecular complexity index is 1080. The van der Waals surface area contributed by atoms with Gasteiger partial charge in [0, 0.05) is 16.3 Å². The van der Waals surface area contributed by atoms with Gasteiger partial charge >= 0.3 is 5.97 Å². The van der Waals surface area contributed by atoms with E-state index in [0.29, 0.717) is 22.1 Å². The van der Waals surface area contributed by atoms with Crippen molar-refractivity contribution in [2.24, 2.45) is 0 Å². The number of halogens is 1. The van der Waals surface area contributed by atoms with Gasteiger partial charge in [0.15, 0.2) is 6.61 Å². The highest BCUT2D eigenvalue weighted by Crippen LogP contribution is 2.22. The molecule has 0 aromatic heterocycles. The molecule has 0 spiro atoms. The van der Waals surface area contributed by atoms with E-state index in [2.05, 4.69) is 5.32 Å². The van der Waals surface area contributed by atoms with Crippen LogP contribution in [-0.4, -0.2) is 18.5 Å². The first kappa shape index (κ1) is 21.4. The Kier molecular flexibility index (Phi) is 6.75. The molecule has 30 heavy (non-hydrogen) atoms. The lowest BCUT2D eigenvalue weighted by atomic mass is 10.1. The summed E-state index contributed by atoms with van der Waals surface area (Å²) in [6, 6.07) is 17.3. The van der Waals surface area contributed by atoms with Gasteiger partial charge in [0.1, 0.15) is 11.5 Å². The molecule has 0 aliphatic rings. The maximum absolute atomic E-state index is 12.5. The van der Waals surface area contributed by atoms with Crippen molar-refractivity contribution in [1.82, 2.24) is 0 Å². The van der Waals surface area contributed by atoms with Crippen LogP contribution in [0.5, 0.6) is 11.5 Å². The summed E-state index contributed by atoms with van der Waals surface area (Å²) in [5, 5.41) is 3.49.